The van der Waals surface area contributed by atoms with Gasteiger partial charge in [-0.05, 0) is 72.9 Å². The number of aliphatic carboxylic acids is 1. The number of carboxylic acids is 1. The molecule has 0 bridgehead atoms. The van der Waals surface area contributed by atoms with Gasteiger partial charge in [0.25, 0.3) is 11.8 Å². The number of benzene rings is 3. The number of carbonyl (C=O) groups excluding carboxylic acids is 2. The van der Waals surface area contributed by atoms with Crippen LogP contribution >= 0.6 is 23.2 Å². The monoisotopic (exact) mass is 625 g/mol. The van der Waals surface area contributed by atoms with E-state index in [1.165, 1.54) is 0 Å². The fraction of sp³-hybridized carbons (Fsp3) is 0.364. The van der Waals surface area contributed by atoms with Gasteiger partial charge in [0.15, 0.2) is 0 Å². The van der Waals surface area contributed by atoms with Crippen molar-refractivity contribution in [2.75, 3.05) is 23.4 Å². The molecule has 1 fully saturated rings. The molecule has 10 heteroatoms. The van der Waals surface area contributed by atoms with Crippen LogP contribution in [0, 0.1) is 0 Å². The number of hydrogen-bond acceptors (Lipinski definition) is 5. The standard InChI is InChI=1S/C33H37Cl2N3O5/c1-19-17-43-18-20(2)38(19)29-13-9-23(15-28(29)37-31(41)21-6-10-24(11-7-21)33(3,4)5)32(42)36-27(16-30(39)40)22-8-12-25(34)26(35)14-22/h6-15,19-20,27H,16-18H2,1-5H3,(H,36,42)(H,37,41)(H,39,40). The third kappa shape index (κ3) is 7.88. The highest BCUT2D eigenvalue weighted by molar-refractivity contribution is 6.42. The number of morpholine rings is 1. The van der Waals surface area contributed by atoms with Crippen LogP contribution in [0.25, 0.3) is 0 Å². The van der Waals surface area contributed by atoms with Crippen LogP contribution in [0.3, 0.4) is 0 Å². The van der Waals surface area contributed by atoms with Crippen molar-refractivity contribution in [1.82, 2.24) is 5.32 Å². The molecule has 4 rings (SSSR count). The predicted octanol–water partition coefficient (Wildman–Crippen LogP) is 7.10. The number of amides is 2. The van der Waals surface area contributed by atoms with Gasteiger partial charge in [-0.2, -0.15) is 0 Å². The fourth-order valence-corrected chi connectivity index (χ4v) is 5.50. The predicted molar refractivity (Wildman–Crippen MR) is 171 cm³/mol. The highest BCUT2D eigenvalue weighted by Crippen LogP contribution is 2.34. The second-order valence-corrected chi connectivity index (χ2v) is 12.8. The summed E-state index contributed by atoms with van der Waals surface area (Å²) in [5.74, 6) is -1.91. The molecule has 1 saturated heterocycles. The van der Waals surface area contributed by atoms with Crippen molar-refractivity contribution >= 4 is 52.4 Å². The molecule has 0 radical (unpaired) electrons. The first-order valence-electron chi connectivity index (χ1n) is 14.1. The fourth-order valence-electron chi connectivity index (χ4n) is 5.20. The molecule has 43 heavy (non-hydrogen) atoms. The zero-order valence-corrected chi connectivity index (χ0v) is 26.4. The summed E-state index contributed by atoms with van der Waals surface area (Å²) in [6, 6.07) is 16.5. The molecule has 228 valence electrons. The number of rotatable bonds is 8. The second-order valence-electron chi connectivity index (χ2n) is 12.0. The molecule has 3 atom stereocenters. The quantitative estimate of drug-likeness (QED) is 0.246. The number of ether oxygens (including phenoxy) is 1. The van der Waals surface area contributed by atoms with Crippen LogP contribution in [-0.2, 0) is 14.9 Å². The summed E-state index contributed by atoms with van der Waals surface area (Å²) in [5.41, 5.74) is 3.52. The summed E-state index contributed by atoms with van der Waals surface area (Å²) in [5, 5.41) is 15.9. The van der Waals surface area contributed by atoms with Gasteiger partial charge in [0.1, 0.15) is 0 Å². The molecule has 3 aromatic rings. The van der Waals surface area contributed by atoms with Gasteiger partial charge in [0.05, 0.1) is 47.1 Å². The number of nitrogens with zero attached hydrogens (tertiary/aromatic N) is 1. The van der Waals surface area contributed by atoms with E-state index in [2.05, 4.69) is 36.3 Å². The second kappa shape index (κ2) is 13.4. The van der Waals surface area contributed by atoms with E-state index in [0.29, 0.717) is 35.1 Å². The molecule has 3 unspecified atom stereocenters. The number of carboxylic acid groups (broad SMARTS) is 1. The van der Waals surface area contributed by atoms with Crippen LogP contribution in [0.1, 0.15) is 78.9 Å². The Hall–Kier alpha value is -3.59. The first-order chi connectivity index (χ1) is 20.2. The molecule has 3 N–H and O–H groups in total. The maximum Gasteiger partial charge on any atom is 0.305 e. The van der Waals surface area contributed by atoms with Crippen molar-refractivity contribution in [2.45, 2.75) is 64.6 Å². The summed E-state index contributed by atoms with van der Waals surface area (Å²) in [4.78, 5) is 40.8. The largest absolute Gasteiger partial charge is 0.481 e. The molecule has 1 heterocycles. The van der Waals surface area contributed by atoms with Crippen LogP contribution in [0.2, 0.25) is 10.0 Å². The lowest BCUT2D eigenvalue weighted by Gasteiger charge is -2.41. The lowest BCUT2D eigenvalue weighted by atomic mass is 9.86. The summed E-state index contributed by atoms with van der Waals surface area (Å²) >= 11 is 12.2. The molecule has 1 aliphatic heterocycles. The third-order valence-electron chi connectivity index (χ3n) is 7.50. The van der Waals surface area contributed by atoms with Gasteiger partial charge in [-0.15, -0.1) is 0 Å². The molecule has 0 saturated carbocycles. The number of halogens is 2. The van der Waals surface area contributed by atoms with Crippen LogP contribution in [0.5, 0.6) is 0 Å². The van der Waals surface area contributed by atoms with Crippen molar-refractivity contribution in [2.24, 2.45) is 0 Å². The molecule has 2 amide bonds. The van der Waals surface area contributed by atoms with E-state index in [0.717, 1.165) is 11.3 Å². The molecule has 3 aromatic carbocycles. The van der Waals surface area contributed by atoms with Crippen molar-refractivity contribution in [3.05, 3.63) is 93.0 Å². The first kappa shape index (κ1) is 32.3. The van der Waals surface area contributed by atoms with E-state index in [1.54, 1.807) is 48.5 Å². The summed E-state index contributed by atoms with van der Waals surface area (Å²) < 4.78 is 5.71. The summed E-state index contributed by atoms with van der Waals surface area (Å²) in [6.07, 6.45) is -0.362. The maximum absolute atomic E-state index is 13.5. The van der Waals surface area contributed by atoms with Gasteiger partial charge in [-0.3, -0.25) is 14.4 Å². The van der Waals surface area contributed by atoms with E-state index in [-0.39, 0.29) is 40.4 Å². The molecule has 0 aromatic heterocycles. The Morgan fingerprint density at radius 2 is 1.53 bits per heavy atom. The number of nitrogens with one attached hydrogen (secondary N) is 2. The Bertz CT molecular complexity index is 1490. The average molecular weight is 627 g/mol. The van der Waals surface area contributed by atoms with Crippen molar-refractivity contribution in [1.29, 1.82) is 0 Å². The molecule has 1 aliphatic rings. The minimum absolute atomic E-state index is 0.0275. The highest BCUT2D eigenvalue weighted by atomic mass is 35.5. The van der Waals surface area contributed by atoms with Gasteiger partial charge >= 0.3 is 5.97 Å². The third-order valence-corrected chi connectivity index (χ3v) is 8.24. The van der Waals surface area contributed by atoms with E-state index < -0.39 is 17.9 Å². The van der Waals surface area contributed by atoms with Crippen LogP contribution in [-0.4, -0.2) is 48.2 Å². The number of anilines is 2. The average Bonchev–Trinajstić information content (AvgIpc) is 2.94. The Labute approximate surface area is 262 Å². The molecule has 0 aliphatic carbocycles. The van der Waals surface area contributed by atoms with E-state index >= 15 is 0 Å². The Balaban J connectivity index is 1.68. The Morgan fingerprint density at radius 3 is 2.12 bits per heavy atom. The van der Waals surface area contributed by atoms with Crippen molar-refractivity contribution < 1.29 is 24.2 Å². The highest BCUT2D eigenvalue weighted by Gasteiger charge is 2.29. The van der Waals surface area contributed by atoms with Crippen LogP contribution < -0.4 is 15.5 Å². The Kier molecular flexibility index (Phi) is 10.1. The lowest BCUT2D eigenvalue weighted by molar-refractivity contribution is -0.137. The smallest absolute Gasteiger partial charge is 0.305 e. The topological polar surface area (TPSA) is 108 Å². The van der Waals surface area contributed by atoms with Gasteiger partial charge in [-0.1, -0.05) is 62.2 Å². The van der Waals surface area contributed by atoms with Gasteiger partial charge in [0, 0.05) is 23.2 Å². The van der Waals surface area contributed by atoms with Gasteiger partial charge in [-0.25, -0.2) is 0 Å². The molecule has 0 spiro atoms. The zero-order chi connectivity index (χ0) is 31.5. The zero-order valence-electron chi connectivity index (χ0n) is 24.9. The van der Waals surface area contributed by atoms with E-state index in [1.807, 2.05) is 26.0 Å². The lowest BCUT2D eigenvalue weighted by Crippen LogP contribution is -2.50. The first-order valence-corrected chi connectivity index (χ1v) is 14.9. The van der Waals surface area contributed by atoms with E-state index in [9.17, 15) is 19.5 Å². The van der Waals surface area contributed by atoms with E-state index in [4.69, 9.17) is 27.9 Å². The summed E-state index contributed by atoms with van der Waals surface area (Å²) in [7, 11) is 0. The Morgan fingerprint density at radius 1 is 0.907 bits per heavy atom. The number of hydrogen-bond donors (Lipinski definition) is 3. The minimum atomic E-state index is -1.09. The normalized spacial score (nSPS) is 17.7. The van der Waals surface area contributed by atoms with Crippen LogP contribution in [0.15, 0.2) is 60.7 Å². The number of carbonyl (C=O) groups is 3. The minimum Gasteiger partial charge on any atom is -0.481 e. The van der Waals surface area contributed by atoms with Crippen molar-refractivity contribution in [3.8, 4) is 0 Å². The molecular weight excluding hydrogens is 589 g/mol. The summed E-state index contributed by atoms with van der Waals surface area (Å²) in [6.45, 7) is 11.5. The van der Waals surface area contributed by atoms with Gasteiger partial charge in [0.2, 0.25) is 0 Å². The molecule has 8 nitrogen and oxygen atoms in total. The van der Waals surface area contributed by atoms with Crippen molar-refractivity contribution in [3.63, 3.8) is 0 Å². The van der Waals surface area contributed by atoms with Crippen LogP contribution in [0.4, 0.5) is 11.4 Å². The SMILES string of the molecule is CC1COCC(C)N1c1ccc(C(=O)NC(CC(=O)O)c2ccc(Cl)c(Cl)c2)cc1NC(=O)c1ccc(C(C)(C)C)cc1. The molecular formula is C33H37Cl2N3O5. The van der Waals surface area contributed by atoms with Gasteiger partial charge < -0.3 is 25.4 Å². The maximum atomic E-state index is 13.5.